The number of aromatic nitrogens is 5. The van der Waals surface area contributed by atoms with Gasteiger partial charge in [-0.3, -0.25) is 14.4 Å². The molecule has 2 atom stereocenters. The van der Waals surface area contributed by atoms with E-state index in [0.29, 0.717) is 59.2 Å². The van der Waals surface area contributed by atoms with Crippen LogP contribution in [0.5, 0.6) is 0 Å². The van der Waals surface area contributed by atoms with Crippen molar-refractivity contribution in [1.82, 2.24) is 34.9 Å². The quantitative estimate of drug-likeness (QED) is 0.481. The molecule has 4 heterocycles. The number of alkyl halides is 1. The average molecular weight is 456 g/mol. The molecule has 0 saturated carbocycles. The first kappa shape index (κ1) is 20.8. The lowest BCUT2D eigenvalue weighted by Gasteiger charge is -2.21. The molecule has 1 aliphatic rings. The van der Waals surface area contributed by atoms with E-state index < -0.39 is 6.17 Å². The molecule has 10 heteroatoms. The van der Waals surface area contributed by atoms with Gasteiger partial charge < -0.3 is 10.3 Å². The summed E-state index contributed by atoms with van der Waals surface area (Å²) in [6, 6.07) is 5.43. The minimum absolute atomic E-state index is 0.127. The number of benzene rings is 1. The van der Waals surface area contributed by atoms with Crippen LogP contribution in [0, 0.1) is 0 Å². The molecule has 1 aliphatic heterocycles. The Balaban J connectivity index is 1.42. The maximum atomic E-state index is 13.4. The van der Waals surface area contributed by atoms with Gasteiger partial charge in [0.2, 0.25) is 0 Å². The molecule has 1 amide bonds. The smallest absolute Gasteiger partial charge is 0.255 e. The van der Waals surface area contributed by atoms with Crippen LogP contribution in [0.15, 0.2) is 30.6 Å². The van der Waals surface area contributed by atoms with Gasteiger partial charge in [-0.15, -0.1) is 0 Å². The number of carbonyl (C=O) groups is 1. The van der Waals surface area contributed by atoms with Crippen molar-refractivity contribution in [3.8, 4) is 11.4 Å². The lowest BCUT2D eigenvalue weighted by molar-refractivity contribution is 0.0933. The minimum atomic E-state index is -0.779. The molecule has 0 bridgehead atoms. The molecular formula is C22H23ClFN7O. The van der Waals surface area contributed by atoms with E-state index in [1.165, 1.54) is 0 Å². The van der Waals surface area contributed by atoms with E-state index in [9.17, 15) is 9.18 Å². The first-order chi connectivity index (χ1) is 15.4. The van der Waals surface area contributed by atoms with Crippen LogP contribution in [0.3, 0.4) is 0 Å². The maximum absolute atomic E-state index is 13.4. The molecule has 5 rings (SSSR count). The van der Waals surface area contributed by atoms with Crippen LogP contribution in [0.25, 0.3) is 33.5 Å². The molecule has 0 unspecified atom stereocenters. The number of nitrogens with one attached hydrogen (secondary N) is 2. The number of halogens is 2. The van der Waals surface area contributed by atoms with Crippen molar-refractivity contribution >= 4 is 39.6 Å². The molecule has 0 spiro atoms. The van der Waals surface area contributed by atoms with E-state index in [1.807, 2.05) is 37.1 Å². The summed E-state index contributed by atoms with van der Waals surface area (Å²) in [7, 11) is 1.84. The Morgan fingerprint density at radius 3 is 3.06 bits per heavy atom. The Bertz CT molecular complexity index is 1320. The predicted molar refractivity (Wildman–Crippen MR) is 121 cm³/mol. The summed E-state index contributed by atoms with van der Waals surface area (Å²) in [5.41, 5.74) is 3.53. The van der Waals surface area contributed by atoms with Crippen molar-refractivity contribution in [3.63, 3.8) is 0 Å². The Morgan fingerprint density at radius 1 is 1.44 bits per heavy atom. The van der Waals surface area contributed by atoms with Gasteiger partial charge in [-0.25, -0.2) is 14.4 Å². The molecule has 0 aliphatic carbocycles. The Kier molecular flexibility index (Phi) is 5.30. The number of nitrogens with zero attached hydrogens (tertiary/aromatic N) is 5. The highest BCUT2D eigenvalue weighted by Crippen LogP contribution is 2.29. The monoisotopic (exact) mass is 455 g/mol. The fraction of sp³-hybridized carbons (Fsp3) is 0.364. The second-order valence-corrected chi connectivity index (χ2v) is 8.74. The highest BCUT2D eigenvalue weighted by molar-refractivity contribution is 6.31. The van der Waals surface area contributed by atoms with Gasteiger partial charge in [-0.2, -0.15) is 5.10 Å². The van der Waals surface area contributed by atoms with Crippen molar-refractivity contribution in [3.05, 3.63) is 41.2 Å². The van der Waals surface area contributed by atoms with Crippen LogP contribution in [0.4, 0.5) is 4.39 Å². The zero-order valence-corrected chi connectivity index (χ0v) is 18.5. The molecule has 3 aromatic heterocycles. The molecular weight excluding hydrogens is 433 g/mol. The fourth-order valence-electron chi connectivity index (χ4n) is 4.28. The normalized spacial score (nSPS) is 17.9. The third-order valence-corrected chi connectivity index (χ3v) is 6.04. The first-order valence-corrected chi connectivity index (χ1v) is 10.9. The number of rotatable bonds is 5. The molecule has 1 saturated heterocycles. The number of aromatic amines is 1. The van der Waals surface area contributed by atoms with E-state index in [2.05, 4.69) is 20.4 Å². The first-order valence-electron chi connectivity index (χ1n) is 10.5. The molecule has 4 aromatic rings. The van der Waals surface area contributed by atoms with Gasteiger partial charge in [0.15, 0.2) is 5.65 Å². The largest absolute Gasteiger partial charge is 0.348 e. The number of aryl methyl sites for hydroxylation is 1. The SMILES string of the molecule is C[C@H](CN1CC[C@@H](F)C1)NC(=O)c1c[nH]c2ncc(-c3nn(C)c4cc(Cl)ccc34)nc12. The Labute approximate surface area is 188 Å². The molecule has 1 aromatic carbocycles. The van der Waals surface area contributed by atoms with Crippen LogP contribution in [0.2, 0.25) is 5.02 Å². The van der Waals surface area contributed by atoms with Crippen molar-refractivity contribution in [2.45, 2.75) is 25.6 Å². The van der Waals surface area contributed by atoms with E-state index in [-0.39, 0.29) is 11.9 Å². The lowest BCUT2D eigenvalue weighted by Crippen LogP contribution is -2.41. The summed E-state index contributed by atoms with van der Waals surface area (Å²) in [6.45, 7) is 3.66. The number of likely N-dealkylation sites (tertiary alicyclic amines) is 1. The standard InChI is InChI=1S/C22H23ClFN7O/c1-12(10-31-6-5-14(24)11-31)27-22(32)16-8-25-21-20(16)28-17(9-26-21)19-15-4-3-13(23)7-18(15)30(2)29-19/h3-4,7-9,12,14H,5-6,10-11H2,1-2H3,(H,25,26)(H,27,32)/t12-,14-/m1/s1. The van der Waals surface area contributed by atoms with Gasteiger partial charge >= 0.3 is 0 Å². The van der Waals surface area contributed by atoms with Gasteiger partial charge in [-0.1, -0.05) is 11.6 Å². The van der Waals surface area contributed by atoms with E-state index in [0.717, 1.165) is 10.9 Å². The topological polar surface area (TPSA) is 91.7 Å². The third-order valence-electron chi connectivity index (χ3n) is 5.81. The molecule has 8 nitrogen and oxygen atoms in total. The molecule has 2 N–H and O–H groups in total. The molecule has 166 valence electrons. The molecule has 1 fully saturated rings. The van der Waals surface area contributed by atoms with Crippen molar-refractivity contribution < 1.29 is 9.18 Å². The zero-order valence-electron chi connectivity index (χ0n) is 17.8. The van der Waals surface area contributed by atoms with E-state index in [4.69, 9.17) is 16.6 Å². The van der Waals surface area contributed by atoms with Gasteiger partial charge in [-0.05, 0) is 31.5 Å². The highest BCUT2D eigenvalue weighted by atomic mass is 35.5. The Morgan fingerprint density at radius 2 is 2.28 bits per heavy atom. The zero-order chi connectivity index (χ0) is 22.4. The fourth-order valence-corrected chi connectivity index (χ4v) is 4.45. The van der Waals surface area contributed by atoms with Crippen LogP contribution < -0.4 is 5.32 Å². The third kappa shape index (κ3) is 3.82. The molecule has 0 radical (unpaired) electrons. The number of amides is 1. The van der Waals surface area contributed by atoms with E-state index >= 15 is 0 Å². The number of fused-ring (bicyclic) bond motifs is 2. The second-order valence-electron chi connectivity index (χ2n) is 8.31. The van der Waals surface area contributed by atoms with Gasteiger partial charge in [0.1, 0.15) is 23.1 Å². The maximum Gasteiger partial charge on any atom is 0.255 e. The van der Waals surface area contributed by atoms with Crippen LogP contribution in [0.1, 0.15) is 23.7 Å². The van der Waals surface area contributed by atoms with Crippen LogP contribution in [-0.2, 0) is 7.05 Å². The van der Waals surface area contributed by atoms with Gasteiger partial charge in [0.05, 0.1) is 17.3 Å². The van der Waals surface area contributed by atoms with Crippen molar-refractivity contribution in [1.29, 1.82) is 0 Å². The summed E-state index contributed by atoms with van der Waals surface area (Å²) in [5.74, 6) is -0.246. The number of hydrogen-bond donors (Lipinski definition) is 2. The van der Waals surface area contributed by atoms with Gasteiger partial charge in [0, 0.05) is 49.3 Å². The average Bonchev–Trinajstić information content (AvgIpc) is 3.45. The van der Waals surface area contributed by atoms with Gasteiger partial charge in [0.25, 0.3) is 5.91 Å². The Hall–Kier alpha value is -3.04. The number of carbonyl (C=O) groups excluding carboxylic acids is 1. The van der Waals surface area contributed by atoms with Crippen LogP contribution in [-0.4, -0.2) is 67.4 Å². The molecule has 32 heavy (non-hydrogen) atoms. The minimum Gasteiger partial charge on any atom is -0.348 e. The second kappa shape index (κ2) is 8.14. The highest BCUT2D eigenvalue weighted by Gasteiger charge is 2.24. The summed E-state index contributed by atoms with van der Waals surface area (Å²) in [6.07, 6.45) is 3.02. The summed E-state index contributed by atoms with van der Waals surface area (Å²) in [4.78, 5) is 27.1. The number of H-pyrrole nitrogens is 1. The predicted octanol–water partition coefficient (Wildman–Crippen LogP) is 3.33. The van der Waals surface area contributed by atoms with Crippen molar-refractivity contribution in [2.24, 2.45) is 7.05 Å². The van der Waals surface area contributed by atoms with E-state index in [1.54, 1.807) is 17.1 Å². The summed E-state index contributed by atoms with van der Waals surface area (Å²) >= 11 is 6.13. The lowest BCUT2D eigenvalue weighted by atomic mass is 10.1. The van der Waals surface area contributed by atoms with Crippen molar-refractivity contribution in [2.75, 3.05) is 19.6 Å². The number of hydrogen-bond acceptors (Lipinski definition) is 5. The summed E-state index contributed by atoms with van der Waals surface area (Å²) in [5, 5.41) is 9.11. The van der Waals surface area contributed by atoms with Crippen LogP contribution >= 0.6 is 11.6 Å². The summed E-state index contributed by atoms with van der Waals surface area (Å²) < 4.78 is 15.2.